The molecule has 0 atom stereocenters. The summed E-state index contributed by atoms with van der Waals surface area (Å²) in [6, 6.07) is 3.57. The van der Waals surface area contributed by atoms with Crippen molar-refractivity contribution < 1.29 is 9.21 Å². The minimum absolute atomic E-state index is 0. The molecule has 0 unspecified atom stereocenters. The molecule has 0 saturated heterocycles. The predicted molar refractivity (Wildman–Crippen MR) is 56.1 cm³/mol. The van der Waals surface area contributed by atoms with Crippen LogP contribution in [-0.2, 0) is 11.3 Å². The SMILES string of the molecule is CC(C)(N)C(=O)NCc1ccco1.Cl. The Morgan fingerprint density at radius 2 is 2.29 bits per heavy atom. The third-order valence-electron chi connectivity index (χ3n) is 1.59. The van der Waals surface area contributed by atoms with Gasteiger partial charge in [-0.15, -0.1) is 12.4 Å². The maximum Gasteiger partial charge on any atom is 0.239 e. The van der Waals surface area contributed by atoms with Crippen LogP contribution >= 0.6 is 12.4 Å². The molecule has 1 rings (SSSR count). The van der Waals surface area contributed by atoms with Gasteiger partial charge in [0.25, 0.3) is 0 Å². The van der Waals surface area contributed by atoms with E-state index in [1.54, 1.807) is 32.2 Å². The van der Waals surface area contributed by atoms with E-state index < -0.39 is 5.54 Å². The fourth-order valence-corrected chi connectivity index (χ4v) is 0.808. The smallest absolute Gasteiger partial charge is 0.239 e. The van der Waals surface area contributed by atoms with Crippen LogP contribution in [0.15, 0.2) is 22.8 Å². The van der Waals surface area contributed by atoms with Gasteiger partial charge in [-0.2, -0.15) is 0 Å². The van der Waals surface area contributed by atoms with Gasteiger partial charge in [0.05, 0.1) is 18.3 Å². The summed E-state index contributed by atoms with van der Waals surface area (Å²) < 4.78 is 5.04. The highest BCUT2D eigenvalue weighted by Crippen LogP contribution is 2.01. The molecule has 1 amide bonds. The number of rotatable bonds is 3. The average molecular weight is 219 g/mol. The van der Waals surface area contributed by atoms with E-state index in [4.69, 9.17) is 10.2 Å². The molecule has 0 aliphatic heterocycles. The first kappa shape index (κ1) is 13.0. The van der Waals surface area contributed by atoms with Crippen molar-refractivity contribution in [2.75, 3.05) is 0 Å². The summed E-state index contributed by atoms with van der Waals surface area (Å²) >= 11 is 0. The van der Waals surface area contributed by atoms with Crippen LogP contribution in [-0.4, -0.2) is 11.4 Å². The molecule has 0 aromatic carbocycles. The maximum absolute atomic E-state index is 11.3. The van der Waals surface area contributed by atoms with Crippen molar-refractivity contribution in [3.05, 3.63) is 24.2 Å². The number of carbonyl (C=O) groups is 1. The Morgan fingerprint density at radius 3 is 2.71 bits per heavy atom. The van der Waals surface area contributed by atoms with Crippen LogP contribution in [0.25, 0.3) is 0 Å². The van der Waals surface area contributed by atoms with Crippen LogP contribution in [0.1, 0.15) is 19.6 Å². The number of furan rings is 1. The number of hydrogen-bond acceptors (Lipinski definition) is 3. The van der Waals surface area contributed by atoms with Crippen molar-refractivity contribution in [1.29, 1.82) is 0 Å². The quantitative estimate of drug-likeness (QED) is 0.797. The molecule has 0 saturated carbocycles. The highest BCUT2D eigenvalue weighted by Gasteiger charge is 2.21. The highest BCUT2D eigenvalue weighted by molar-refractivity contribution is 5.85. The molecule has 0 bridgehead atoms. The molecule has 3 N–H and O–H groups in total. The van der Waals surface area contributed by atoms with E-state index in [-0.39, 0.29) is 18.3 Å². The number of nitrogens with two attached hydrogens (primary N) is 1. The van der Waals surface area contributed by atoms with Crippen molar-refractivity contribution in [1.82, 2.24) is 5.32 Å². The van der Waals surface area contributed by atoms with Gasteiger partial charge in [-0.3, -0.25) is 4.79 Å². The first-order chi connectivity index (χ1) is 6.00. The second kappa shape index (κ2) is 5.02. The normalized spacial score (nSPS) is 10.5. The Balaban J connectivity index is 0.00000169. The van der Waals surface area contributed by atoms with E-state index in [0.717, 1.165) is 5.76 Å². The molecule has 0 radical (unpaired) electrons. The monoisotopic (exact) mass is 218 g/mol. The minimum atomic E-state index is -0.841. The Labute approximate surface area is 89.3 Å². The van der Waals surface area contributed by atoms with Crippen LogP contribution in [0, 0.1) is 0 Å². The lowest BCUT2D eigenvalue weighted by Crippen LogP contribution is -2.48. The maximum atomic E-state index is 11.3. The van der Waals surface area contributed by atoms with Gasteiger partial charge in [0.1, 0.15) is 5.76 Å². The lowest BCUT2D eigenvalue weighted by atomic mass is 10.1. The molecule has 1 heterocycles. The zero-order valence-corrected chi connectivity index (χ0v) is 9.06. The summed E-state index contributed by atoms with van der Waals surface area (Å²) in [5, 5.41) is 2.67. The van der Waals surface area contributed by atoms with Crippen molar-refractivity contribution in [2.45, 2.75) is 25.9 Å². The molecule has 0 spiro atoms. The number of amides is 1. The van der Waals surface area contributed by atoms with Gasteiger partial charge in [0.2, 0.25) is 5.91 Å². The second-order valence-electron chi connectivity index (χ2n) is 3.48. The number of hydrogen-bond donors (Lipinski definition) is 2. The zero-order chi connectivity index (χ0) is 9.90. The average Bonchev–Trinajstić information content (AvgIpc) is 2.50. The van der Waals surface area contributed by atoms with Gasteiger partial charge in [-0.1, -0.05) is 0 Å². The molecule has 14 heavy (non-hydrogen) atoms. The Bertz CT molecular complexity index is 278. The second-order valence-corrected chi connectivity index (χ2v) is 3.48. The molecule has 80 valence electrons. The van der Waals surface area contributed by atoms with E-state index in [0.29, 0.717) is 6.54 Å². The van der Waals surface area contributed by atoms with Gasteiger partial charge in [-0.25, -0.2) is 0 Å². The first-order valence-electron chi connectivity index (χ1n) is 4.10. The van der Waals surface area contributed by atoms with Crippen molar-refractivity contribution in [2.24, 2.45) is 5.73 Å². The van der Waals surface area contributed by atoms with Gasteiger partial charge in [0.15, 0.2) is 0 Å². The van der Waals surface area contributed by atoms with E-state index >= 15 is 0 Å². The third-order valence-corrected chi connectivity index (χ3v) is 1.59. The van der Waals surface area contributed by atoms with Gasteiger partial charge in [0, 0.05) is 0 Å². The number of halogens is 1. The molecule has 1 aromatic rings. The van der Waals surface area contributed by atoms with E-state index in [1.165, 1.54) is 0 Å². The summed E-state index contributed by atoms with van der Waals surface area (Å²) in [7, 11) is 0. The van der Waals surface area contributed by atoms with Crippen LogP contribution in [0.4, 0.5) is 0 Å². The first-order valence-corrected chi connectivity index (χ1v) is 4.10. The fourth-order valence-electron chi connectivity index (χ4n) is 0.808. The zero-order valence-electron chi connectivity index (χ0n) is 8.24. The summed E-state index contributed by atoms with van der Waals surface area (Å²) in [5.74, 6) is 0.529. The summed E-state index contributed by atoms with van der Waals surface area (Å²) in [5.41, 5.74) is 4.74. The molecular weight excluding hydrogens is 204 g/mol. The lowest BCUT2D eigenvalue weighted by Gasteiger charge is -2.16. The van der Waals surface area contributed by atoms with E-state index in [9.17, 15) is 4.79 Å². The predicted octanol–water partition coefficient (Wildman–Crippen LogP) is 1.05. The Kier molecular flexibility index (Phi) is 4.67. The summed E-state index contributed by atoms with van der Waals surface area (Å²) in [6.07, 6.45) is 1.56. The standard InChI is InChI=1S/C9H14N2O2.ClH/c1-9(2,10)8(12)11-6-7-4-3-5-13-7;/h3-5H,6,10H2,1-2H3,(H,11,12);1H. The van der Waals surface area contributed by atoms with Crippen LogP contribution in [0.5, 0.6) is 0 Å². The highest BCUT2D eigenvalue weighted by atomic mass is 35.5. The molecule has 0 aliphatic rings. The number of nitrogens with one attached hydrogen (secondary N) is 1. The van der Waals surface area contributed by atoms with Gasteiger partial charge < -0.3 is 15.5 Å². The molecule has 0 aliphatic carbocycles. The van der Waals surface area contributed by atoms with Crippen LogP contribution < -0.4 is 11.1 Å². The van der Waals surface area contributed by atoms with Crippen LogP contribution in [0.2, 0.25) is 0 Å². The molecule has 0 fully saturated rings. The number of carbonyl (C=O) groups excluding carboxylic acids is 1. The minimum Gasteiger partial charge on any atom is -0.467 e. The van der Waals surface area contributed by atoms with E-state index in [2.05, 4.69) is 5.32 Å². The topological polar surface area (TPSA) is 68.3 Å². The molecular formula is C9H15ClN2O2. The summed E-state index contributed by atoms with van der Waals surface area (Å²) in [6.45, 7) is 3.70. The Hall–Kier alpha value is -1.00. The molecule has 1 aromatic heterocycles. The molecule has 5 heteroatoms. The van der Waals surface area contributed by atoms with Crippen molar-refractivity contribution in [3.8, 4) is 0 Å². The largest absolute Gasteiger partial charge is 0.467 e. The fraction of sp³-hybridized carbons (Fsp3) is 0.444. The van der Waals surface area contributed by atoms with Gasteiger partial charge >= 0.3 is 0 Å². The van der Waals surface area contributed by atoms with Crippen molar-refractivity contribution in [3.63, 3.8) is 0 Å². The molecule has 4 nitrogen and oxygen atoms in total. The Morgan fingerprint density at radius 1 is 1.64 bits per heavy atom. The van der Waals surface area contributed by atoms with Gasteiger partial charge in [-0.05, 0) is 26.0 Å². The van der Waals surface area contributed by atoms with Crippen LogP contribution in [0.3, 0.4) is 0 Å². The van der Waals surface area contributed by atoms with Crippen molar-refractivity contribution >= 4 is 18.3 Å². The summed E-state index contributed by atoms with van der Waals surface area (Å²) in [4.78, 5) is 11.3. The van der Waals surface area contributed by atoms with E-state index in [1.807, 2.05) is 0 Å². The third kappa shape index (κ3) is 3.81. The lowest BCUT2D eigenvalue weighted by molar-refractivity contribution is -0.125.